The summed E-state index contributed by atoms with van der Waals surface area (Å²) < 4.78 is 18.9. The van der Waals surface area contributed by atoms with Crippen molar-refractivity contribution < 1.29 is 9.13 Å². The molecule has 1 unspecified atom stereocenters. The van der Waals surface area contributed by atoms with E-state index in [-0.39, 0.29) is 11.9 Å². The molecule has 1 aromatic carbocycles. The summed E-state index contributed by atoms with van der Waals surface area (Å²) in [5.74, 6) is 6.08. The zero-order valence-corrected chi connectivity index (χ0v) is 10.5. The lowest BCUT2D eigenvalue weighted by Crippen LogP contribution is -2.21. The van der Waals surface area contributed by atoms with Crippen LogP contribution in [0.1, 0.15) is 31.9 Å². The molecule has 0 amide bonds. The molecule has 0 fully saturated rings. The summed E-state index contributed by atoms with van der Waals surface area (Å²) in [5, 5.41) is 3.23. The van der Waals surface area contributed by atoms with Gasteiger partial charge < -0.3 is 10.1 Å². The number of methoxy groups -OCH3 is 1. The monoisotopic (exact) mass is 235 g/mol. The Morgan fingerprint density at radius 3 is 2.76 bits per heavy atom. The number of ether oxygens (including phenoxy) is 1. The third-order valence-corrected chi connectivity index (χ3v) is 2.52. The van der Waals surface area contributed by atoms with Crippen molar-refractivity contribution in [1.82, 2.24) is 5.32 Å². The standard InChI is InChI=1S/C14H18FNO/c1-4-6-7-14(16-5-2)12-9-8-11(17-3)10-13(12)15/h8-10,14,16H,5,7H2,1-3H3. The molecule has 17 heavy (non-hydrogen) atoms. The summed E-state index contributed by atoms with van der Waals surface area (Å²) in [7, 11) is 1.53. The average Bonchev–Trinajstić information content (AvgIpc) is 2.34. The quantitative estimate of drug-likeness (QED) is 0.792. The van der Waals surface area contributed by atoms with Crippen LogP contribution in [-0.2, 0) is 0 Å². The third-order valence-electron chi connectivity index (χ3n) is 2.52. The van der Waals surface area contributed by atoms with Gasteiger partial charge in [-0.3, -0.25) is 0 Å². The van der Waals surface area contributed by atoms with E-state index in [1.165, 1.54) is 13.2 Å². The molecule has 0 aliphatic rings. The molecule has 0 aliphatic heterocycles. The first-order valence-electron chi connectivity index (χ1n) is 5.69. The van der Waals surface area contributed by atoms with E-state index < -0.39 is 0 Å². The van der Waals surface area contributed by atoms with Crippen LogP contribution in [0, 0.1) is 17.7 Å². The van der Waals surface area contributed by atoms with Crippen LogP contribution in [-0.4, -0.2) is 13.7 Å². The maximum absolute atomic E-state index is 13.9. The average molecular weight is 235 g/mol. The van der Waals surface area contributed by atoms with E-state index in [9.17, 15) is 4.39 Å². The van der Waals surface area contributed by atoms with Gasteiger partial charge in [0.25, 0.3) is 0 Å². The van der Waals surface area contributed by atoms with E-state index in [2.05, 4.69) is 17.2 Å². The molecule has 1 atom stereocenters. The molecule has 3 heteroatoms. The van der Waals surface area contributed by atoms with Crippen LogP contribution >= 0.6 is 0 Å². The summed E-state index contributed by atoms with van der Waals surface area (Å²) in [4.78, 5) is 0. The van der Waals surface area contributed by atoms with Gasteiger partial charge in [0, 0.05) is 24.1 Å². The summed E-state index contributed by atoms with van der Waals surface area (Å²) >= 11 is 0. The predicted molar refractivity (Wildman–Crippen MR) is 67.4 cm³/mol. The SMILES string of the molecule is CC#CCC(NCC)c1ccc(OC)cc1F. The highest BCUT2D eigenvalue weighted by Gasteiger charge is 2.14. The van der Waals surface area contributed by atoms with Crippen LogP contribution in [0.2, 0.25) is 0 Å². The van der Waals surface area contributed by atoms with Crippen molar-refractivity contribution in [3.05, 3.63) is 29.6 Å². The van der Waals surface area contributed by atoms with E-state index in [0.29, 0.717) is 17.7 Å². The van der Waals surface area contributed by atoms with E-state index in [4.69, 9.17) is 4.74 Å². The number of nitrogens with one attached hydrogen (secondary N) is 1. The minimum atomic E-state index is -0.256. The molecule has 0 bridgehead atoms. The topological polar surface area (TPSA) is 21.3 Å². The van der Waals surface area contributed by atoms with Crippen LogP contribution in [0.25, 0.3) is 0 Å². The van der Waals surface area contributed by atoms with Gasteiger partial charge in [0.1, 0.15) is 11.6 Å². The molecular formula is C14H18FNO. The zero-order chi connectivity index (χ0) is 12.7. The first kappa shape index (κ1) is 13.5. The maximum atomic E-state index is 13.9. The van der Waals surface area contributed by atoms with Crippen molar-refractivity contribution in [2.45, 2.75) is 26.3 Å². The zero-order valence-electron chi connectivity index (χ0n) is 10.5. The van der Waals surface area contributed by atoms with Crippen molar-refractivity contribution >= 4 is 0 Å². The Labute approximate surface area is 102 Å². The van der Waals surface area contributed by atoms with Crippen LogP contribution in [0.4, 0.5) is 4.39 Å². The molecule has 0 heterocycles. The van der Waals surface area contributed by atoms with Crippen molar-refractivity contribution in [2.24, 2.45) is 0 Å². The van der Waals surface area contributed by atoms with Crippen molar-refractivity contribution in [3.63, 3.8) is 0 Å². The Morgan fingerprint density at radius 1 is 1.47 bits per heavy atom. The minimum absolute atomic E-state index is 0.0710. The Bertz CT molecular complexity index is 420. The van der Waals surface area contributed by atoms with Gasteiger partial charge in [-0.15, -0.1) is 11.8 Å². The van der Waals surface area contributed by atoms with Crippen molar-refractivity contribution in [3.8, 4) is 17.6 Å². The molecule has 0 saturated heterocycles. The highest BCUT2D eigenvalue weighted by molar-refractivity contribution is 5.31. The summed E-state index contributed by atoms with van der Waals surface area (Å²) in [5.41, 5.74) is 0.635. The van der Waals surface area contributed by atoms with Crippen LogP contribution < -0.4 is 10.1 Å². The summed E-state index contributed by atoms with van der Waals surface area (Å²) in [6.07, 6.45) is 0.605. The number of halogens is 1. The Hall–Kier alpha value is -1.53. The van der Waals surface area contributed by atoms with Gasteiger partial charge in [-0.05, 0) is 19.5 Å². The van der Waals surface area contributed by atoms with Gasteiger partial charge in [0.2, 0.25) is 0 Å². The molecule has 0 aliphatic carbocycles. The van der Waals surface area contributed by atoms with Gasteiger partial charge in [0.05, 0.1) is 7.11 Å². The molecule has 2 nitrogen and oxygen atoms in total. The molecule has 0 radical (unpaired) electrons. The molecule has 1 N–H and O–H groups in total. The lowest BCUT2D eigenvalue weighted by Gasteiger charge is -2.16. The first-order chi connectivity index (χ1) is 8.22. The number of rotatable bonds is 5. The van der Waals surface area contributed by atoms with Crippen molar-refractivity contribution in [1.29, 1.82) is 0 Å². The van der Waals surface area contributed by atoms with Gasteiger partial charge in [-0.25, -0.2) is 4.39 Å². The van der Waals surface area contributed by atoms with Gasteiger partial charge >= 0.3 is 0 Å². The van der Waals surface area contributed by atoms with Crippen LogP contribution in [0.3, 0.4) is 0 Å². The second-order valence-electron chi connectivity index (χ2n) is 3.63. The molecular weight excluding hydrogens is 217 g/mol. The predicted octanol–water partition coefficient (Wildman–Crippen LogP) is 2.90. The highest BCUT2D eigenvalue weighted by atomic mass is 19.1. The van der Waals surface area contributed by atoms with Crippen molar-refractivity contribution in [2.75, 3.05) is 13.7 Å². The highest BCUT2D eigenvalue weighted by Crippen LogP contribution is 2.23. The molecule has 92 valence electrons. The lowest BCUT2D eigenvalue weighted by atomic mass is 10.0. The Balaban J connectivity index is 2.95. The second-order valence-corrected chi connectivity index (χ2v) is 3.63. The molecule has 1 aromatic rings. The van der Waals surface area contributed by atoms with Gasteiger partial charge in [-0.2, -0.15) is 0 Å². The lowest BCUT2D eigenvalue weighted by molar-refractivity contribution is 0.409. The minimum Gasteiger partial charge on any atom is -0.497 e. The van der Waals surface area contributed by atoms with Crippen LogP contribution in [0.5, 0.6) is 5.75 Å². The van der Waals surface area contributed by atoms with Gasteiger partial charge in [0.15, 0.2) is 0 Å². The fourth-order valence-corrected chi connectivity index (χ4v) is 1.66. The molecule has 0 aromatic heterocycles. The maximum Gasteiger partial charge on any atom is 0.131 e. The van der Waals surface area contributed by atoms with Crippen LogP contribution in [0.15, 0.2) is 18.2 Å². The first-order valence-corrected chi connectivity index (χ1v) is 5.69. The smallest absolute Gasteiger partial charge is 0.131 e. The number of hydrogen-bond acceptors (Lipinski definition) is 2. The fourth-order valence-electron chi connectivity index (χ4n) is 1.66. The molecule has 0 spiro atoms. The Kier molecular flexibility index (Phi) is 5.51. The van der Waals surface area contributed by atoms with E-state index in [1.807, 2.05) is 6.92 Å². The van der Waals surface area contributed by atoms with Gasteiger partial charge in [-0.1, -0.05) is 13.0 Å². The number of benzene rings is 1. The second kappa shape index (κ2) is 6.93. The number of hydrogen-bond donors (Lipinski definition) is 1. The molecule has 0 saturated carbocycles. The van der Waals surface area contributed by atoms with E-state index >= 15 is 0 Å². The fraction of sp³-hybridized carbons (Fsp3) is 0.429. The van der Waals surface area contributed by atoms with E-state index in [1.54, 1.807) is 19.1 Å². The third kappa shape index (κ3) is 3.76. The summed E-state index contributed by atoms with van der Waals surface area (Å²) in [6.45, 7) is 4.56. The Morgan fingerprint density at radius 2 is 2.24 bits per heavy atom. The van der Waals surface area contributed by atoms with E-state index in [0.717, 1.165) is 6.54 Å². The largest absolute Gasteiger partial charge is 0.497 e. The molecule has 1 rings (SSSR count). The summed E-state index contributed by atoms with van der Waals surface area (Å²) in [6, 6.07) is 4.85. The normalized spacial score (nSPS) is 11.5.